The summed E-state index contributed by atoms with van der Waals surface area (Å²) in [6.07, 6.45) is 0. The molecule has 0 aliphatic carbocycles. The standard InChI is InChI=1S/C9H9IO5S/c10-8-3-1-2-7(6-8)9(11)15-4-5-16(12,13)14/h1-3,6H,4-5H2,(H,12,13,14)/p-1. The molecule has 0 saturated carbocycles. The molecule has 0 radical (unpaired) electrons. The quantitative estimate of drug-likeness (QED) is 0.457. The molecule has 1 aromatic carbocycles. The molecule has 5 nitrogen and oxygen atoms in total. The number of esters is 1. The highest BCUT2D eigenvalue weighted by Gasteiger charge is 2.07. The van der Waals surface area contributed by atoms with E-state index in [1.165, 1.54) is 0 Å². The number of ether oxygens (including phenoxy) is 1. The molecule has 0 unspecified atom stereocenters. The lowest BCUT2D eigenvalue weighted by atomic mass is 10.2. The Labute approximate surface area is 107 Å². The van der Waals surface area contributed by atoms with Crippen molar-refractivity contribution in [2.75, 3.05) is 12.4 Å². The molecule has 0 aromatic heterocycles. The lowest BCUT2D eigenvalue weighted by Crippen LogP contribution is -2.14. The summed E-state index contributed by atoms with van der Waals surface area (Å²) >= 11 is 2.04. The molecule has 1 rings (SSSR count). The van der Waals surface area contributed by atoms with Gasteiger partial charge in [0.15, 0.2) is 0 Å². The number of carbonyl (C=O) groups excluding carboxylic acids is 1. The summed E-state index contributed by atoms with van der Waals surface area (Å²) in [6.45, 7) is -0.420. The topological polar surface area (TPSA) is 83.5 Å². The van der Waals surface area contributed by atoms with Crippen molar-refractivity contribution >= 4 is 38.7 Å². The third-order valence-electron chi connectivity index (χ3n) is 1.63. The van der Waals surface area contributed by atoms with Crippen molar-refractivity contribution in [3.8, 4) is 0 Å². The summed E-state index contributed by atoms with van der Waals surface area (Å²) in [5.41, 5.74) is 0.329. The monoisotopic (exact) mass is 355 g/mol. The third kappa shape index (κ3) is 4.90. The van der Waals surface area contributed by atoms with Crippen molar-refractivity contribution < 1.29 is 22.5 Å². The molecule has 0 N–H and O–H groups in total. The predicted octanol–water partition coefficient (Wildman–Crippen LogP) is 0.993. The van der Waals surface area contributed by atoms with Crippen molar-refractivity contribution in [3.63, 3.8) is 0 Å². The number of hydrogen-bond acceptors (Lipinski definition) is 5. The molecule has 0 bridgehead atoms. The summed E-state index contributed by atoms with van der Waals surface area (Å²) in [6, 6.07) is 6.65. The number of carbonyl (C=O) groups is 1. The molecule has 0 atom stereocenters. The fraction of sp³-hybridized carbons (Fsp3) is 0.222. The minimum absolute atomic E-state index is 0.329. The normalized spacial score (nSPS) is 11.1. The molecular weight excluding hydrogens is 347 g/mol. The van der Waals surface area contributed by atoms with Crippen molar-refractivity contribution in [2.45, 2.75) is 0 Å². The molecule has 0 heterocycles. The van der Waals surface area contributed by atoms with Gasteiger partial charge in [-0.3, -0.25) is 0 Å². The van der Waals surface area contributed by atoms with Gasteiger partial charge in [0.25, 0.3) is 0 Å². The number of hydrogen-bond donors (Lipinski definition) is 0. The Bertz CT molecular complexity index is 482. The second kappa shape index (κ2) is 5.60. The van der Waals surface area contributed by atoms with Gasteiger partial charge < -0.3 is 9.29 Å². The van der Waals surface area contributed by atoms with E-state index in [9.17, 15) is 17.8 Å². The highest BCUT2D eigenvalue weighted by atomic mass is 127. The van der Waals surface area contributed by atoms with E-state index >= 15 is 0 Å². The Morgan fingerprint density at radius 1 is 1.44 bits per heavy atom. The van der Waals surface area contributed by atoms with Crippen LogP contribution >= 0.6 is 22.6 Å². The van der Waals surface area contributed by atoms with Crippen molar-refractivity contribution in [2.24, 2.45) is 0 Å². The smallest absolute Gasteiger partial charge is 0.338 e. The first-order valence-corrected chi connectivity index (χ1v) is 6.90. The summed E-state index contributed by atoms with van der Waals surface area (Å²) in [5.74, 6) is -1.34. The summed E-state index contributed by atoms with van der Waals surface area (Å²) in [4.78, 5) is 11.4. The van der Waals surface area contributed by atoms with E-state index in [1.807, 2.05) is 22.6 Å². The Balaban J connectivity index is 2.54. The fourth-order valence-electron chi connectivity index (χ4n) is 0.935. The molecule has 88 valence electrons. The fourth-order valence-corrected chi connectivity index (χ4v) is 1.77. The van der Waals surface area contributed by atoms with Gasteiger partial charge in [0.1, 0.15) is 6.61 Å². The van der Waals surface area contributed by atoms with Crippen LogP contribution in [0.15, 0.2) is 24.3 Å². The van der Waals surface area contributed by atoms with Gasteiger partial charge in [0, 0.05) is 3.57 Å². The van der Waals surface area contributed by atoms with Gasteiger partial charge in [-0.25, -0.2) is 13.2 Å². The van der Waals surface area contributed by atoms with Crippen LogP contribution in [-0.4, -0.2) is 31.3 Å². The molecule has 16 heavy (non-hydrogen) atoms. The van der Waals surface area contributed by atoms with Gasteiger partial charge >= 0.3 is 5.97 Å². The first kappa shape index (κ1) is 13.4. The molecule has 0 saturated heterocycles. The van der Waals surface area contributed by atoms with Crippen LogP contribution in [0.1, 0.15) is 10.4 Å². The SMILES string of the molecule is O=C(OCCS(=O)(=O)[O-])c1cccc(I)c1. The number of benzene rings is 1. The van der Waals surface area contributed by atoms with Crippen LogP contribution in [0, 0.1) is 3.57 Å². The second-order valence-electron chi connectivity index (χ2n) is 2.91. The highest BCUT2D eigenvalue weighted by molar-refractivity contribution is 14.1. The molecule has 0 aliphatic rings. The molecule has 1 aromatic rings. The Morgan fingerprint density at radius 2 is 2.12 bits per heavy atom. The van der Waals surface area contributed by atoms with Gasteiger partial charge in [-0.1, -0.05) is 6.07 Å². The van der Waals surface area contributed by atoms with E-state index in [0.29, 0.717) is 5.56 Å². The zero-order valence-electron chi connectivity index (χ0n) is 8.05. The van der Waals surface area contributed by atoms with E-state index in [2.05, 4.69) is 4.74 Å². The predicted molar refractivity (Wildman–Crippen MR) is 64.0 cm³/mol. The van der Waals surface area contributed by atoms with E-state index in [-0.39, 0.29) is 0 Å². The van der Waals surface area contributed by atoms with Crippen molar-refractivity contribution in [1.82, 2.24) is 0 Å². The molecule has 0 spiro atoms. The zero-order chi connectivity index (χ0) is 12.2. The Morgan fingerprint density at radius 3 is 2.69 bits per heavy atom. The van der Waals surface area contributed by atoms with Crippen LogP contribution in [0.4, 0.5) is 0 Å². The van der Waals surface area contributed by atoms with Gasteiger partial charge in [-0.2, -0.15) is 0 Å². The molecule has 0 fully saturated rings. The maximum absolute atomic E-state index is 11.4. The van der Waals surface area contributed by atoms with Crippen molar-refractivity contribution in [1.29, 1.82) is 0 Å². The number of rotatable bonds is 4. The highest BCUT2D eigenvalue weighted by Crippen LogP contribution is 2.08. The Hall–Kier alpha value is -0.670. The first-order chi connectivity index (χ1) is 7.38. The largest absolute Gasteiger partial charge is 0.748 e. The van der Waals surface area contributed by atoms with Gasteiger partial charge in [0.2, 0.25) is 0 Å². The minimum atomic E-state index is -4.34. The van der Waals surface area contributed by atoms with E-state index in [1.54, 1.807) is 24.3 Å². The zero-order valence-corrected chi connectivity index (χ0v) is 11.0. The van der Waals surface area contributed by atoms with Crippen LogP contribution in [-0.2, 0) is 14.9 Å². The molecule has 0 aliphatic heterocycles. The lowest BCUT2D eigenvalue weighted by molar-refractivity contribution is 0.0528. The molecule has 0 amide bonds. The maximum atomic E-state index is 11.4. The summed E-state index contributed by atoms with van der Waals surface area (Å²) in [5, 5.41) is 0. The lowest BCUT2D eigenvalue weighted by Gasteiger charge is -2.07. The first-order valence-electron chi connectivity index (χ1n) is 4.25. The van der Waals surface area contributed by atoms with E-state index in [0.717, 1.165) is 3.57 Å². The van der Waals surface area contributed by atoms with E-state index in [4.69, 9.17) is 0 Å². The average molecular weight is 355 g/mol. The summed E-state index contributed by atoms with van der Waals surface area (Å²) in [7, 11) is -4.34. The number of halogens is 1. The van der Waals surface area contributed by atoms with Crippen LogP contribution in [0.5, 0.6) is 0 Å². The molecular formula is C9H8IO5S-. The van der Waals surface area contributed by atoms with Crippen molar-refractivity contribution in [3.05, 3.63) is 33.4 Å². The Kier molecular flexibility index (Phi) is 4.69. The van der Waals surface area contributed by atoms with E-state index < -0.39 is 28.4 Å². The van der Waals surface area contributed by atoms with Crippen LogP contribution in [0.25, 0.3) is 0 Å². The second-order valence-corrected chi connectivity index (χ2v) is 5.68. The van der Waals surface area contributed by atoms with Crippen LogP contribution < -0.4 is 0 Å². The van der Waals surface area contributed by atoms with Crippen LogP contribution in [0.3, 0.4) is 0 Å². The maximum Gasteiger partial charge on any atom is 0.338 e. The minimum Gasteiger partial charge on any atom is -0.748 e. The third-order valence-corrected chi connectivity index (χ3v) is 2.96. The van der Waals surface area contributed by atoms with Gasteiger partial charge in [-0.15, -0.1) is 0 Å². The van der Waals surface area contributed by atoms with Gasteiger partial charge in [-0.05, 0) is 40.8 Å². The van der Waals surface area contributed by atoms with Crippen LogP contribution in [0.2, 0.25) is 0 Å². The summed E-state index contributed by atoms with van der Waals surface area (Å²) < 4.78 is 36.3. The van der Waals surface area contributed by atoms with Gasteiger partial charge in [0.05, 0.1) is 21.4 Å². The molecule has 7 heteroatoms. The average Bonchev–Trinajstić information content (AvgIpc) is 2.15.